The van der Waals surface area contributed by atoms with Gasteiger partial charge in [0.1, 0.15) is 23.4 Å². The van der Waals surface area contributed by atoms with Crippen molar-refractivity contribution >= 4 is 23.8 Å². The zero-order chi connectivity index (χ0) is 21.4. The molecule has 4 aromatic rings. The summed E-state index contributed by atoms with van der Waals surface area (Å²) < 4.78 is 22.8. The summed E-state index contributed by atoms with van der Waals surface area (Å²) >= 11 is 0. The molecule has 156 valence electrons. The number of ether oxygens (including phenoxy) is 1. The Morgan fingerprint density at radius 2 is 2.00 bits per heavy atom. The Labute approximate surface area is 177 Å². The number of aromatic nitrogens is 7. The van der Waals surface area contributed by atoms with Crippen LogP contribution in [0.3, 0.4) is 0 Å². The number of halogens is 1. The predicted octanol–water partition coefficient (Wildman–Crippen LogP) is 2.10. The van der Waals surface area contributed by atoms with Gasteiger partial charge >= 0.3 is 0 Å². The molecular formula is C22H20FN7O. The Bertz CT molecular complexity index is 1370. The van der Waals surface area contributed by atoms with Crippen LogP contribution < -0.4 is 10.7 Å². The molecule has 9 heteroatoms. The van der Waals surface area contributed by atoms with Crippen molar-refractivity contribution in [3.05, 3.63) is 60.0 Å². The van der Waals surface area contributed by atoms with Crippen LogP contribution in [-0.4, -0.2) is 47.3 Å². The molecule has 0 aliphatic carbocycles. The van der Waals surface area contributed by atoms with Crippen LogP contribution in [0, 0.1) is 0 Å². The second kappa shape index (κ2) is 7.84. The number of nitrogens with zero attached hydrogens (tertiary/aromatic N) is 7. The van der Waals surface area contributed by atoms with Gasteiger partial charge in [-0.3, -0.25) is 9.55 Å². The summed E-state index contributed by atoms with van der Waals surface area (Å²) in [6.07, 6.45) is 7.88. The van der Waals surface area contributed by atoms with Gasteiger partial charge in [0.25, 0.3) is 0 Å². The maximum Gasteiger partial charge on any atom is 0.237 e. The van der Waals surface area contributed by atoms with Gasteiger partial charge in [-0.2, -0.15) is 4.98 Å². The van der Waals surface area contributed by atoms with E-state index in [4.69, 9.17) is 14.7 Å². The maximum absolute atomic E-state index is 13.5. The Morgan fingerprint density at radius 3 is 2.74 bits per heavy atom. The smallest absolute Gasteiger partial charge is 0.237 e. The van der Waals surface area contributed by atoms with Gasteiger partial charge in [0, 0.05) is 25.5 Å². The lowest BCUT2D eigenvalue weighted by atomic mass is 10.1. The Hall–Kier alpha value is -3.72. The molecular weight excluding hydrogens is 397 g/mol. The van der Waals surface area contributed by atoms with E-state index in [0.29, 0.717) is 41.0 Å². The minimum absolute atomic E-state index is 0.168. The van der Waals surface area contributed by atoms with Crippen LogP contribution in [-0.2, 0) is 4.74 Å². The van der Waals surface area contributed by atoms with Gasteiger partial charge in [0.05, 0.1) is 16.9 Å². The Kier molecular flexibility index (Phi) is 4.87. The zero-order valence-electron chi connectivity index (χ0n) is 16.8. The highest BCUT2D eigenvalue weighted by Crippen LogP contribution is 2.31. The number of pyridine rings is 1. The highest BCUT2D eigenvalue weighted by Gasteiger charge is 2.24. The summed E-state index contributed by atoms with van der Waals surface area (Å²) in [5.41, 5.74) is 2.10. The van der Waals surface area contributed by atoms with Crippen molar-refractivity contribution in [3.8, 4) is 17.5 Å². The quantitative estimate of drug-likeness (QED) is 0.506. The molecule has 0 radical (unpaired) electrons. The van der Waals surface area contributed by atoms with E-state index in [1.807, 2.05) is 18.2 Å². The molecule has 0 saturated carbocycles. The van der Waals surface area contributed by atoms with Crippen molar-refractivity contribution in [2.24, 2.45) is 0 Å². The first-order valence-corrected chi connectivity index (χ1v) is 9.95. The van der Waals surface area contributed by atoms with E-state index in [0.717, 1.165) is 24.4 Å². The molecule has 1 fully saturated rings. The van der Waals surface area contributed by atoms with Gasteiger partial charge in [-0.1, -0.05) is 19.2 Å². The highest BCUT2D eigenvalue weighted by atomic mass is 19.1. The van der Waals surface area contributed by atoms with Gasteiger partial charge in [0.2, 0.25) is 5.95 Å². The molecule has 8 nitrogen and oxygen atoms in total. The zero-order valence-corrected chi connectivity index (χ0v) is 16.8. The molecule has 0 unspecified atom stereocenters. The number of hydrogen-bond donors (Lipinski definition) is 0. The average molecular weight is 417 g/mol. The number of fused-ring (bicyclic) bond motifs is 1. The molecule has 0 bridgehead atoms. The first-order valence-electron chi connectivity index (χ1n) is 9.95. The number of imidazole rings is 2. The third-order valence-electron chi connectivity index (χ3n) is 5.26. The van der Waals surface area contributed by atoms with Crippen LogP contribution in [0.2, 0.25) is 0 Å². The number of allylic oxidation sites excluding steroid dienone is 1. The topological polar surface area (TPSA) is 83.5 Å². The maximum atomic E-state index is 13.5. The van der Waals surface area contributed by atoms with Crippen molar-refractivity contribution in [2.45, 2.75) is 18.9 Å². The molecule has 0 atom stereocenters. The molecule has 1 aliphatic rings. The van der Waals surface area contributed by atoms with Gasteiger partial charge in [-0.25, -0.2) is 19.3 Å². The van der Waals surface area contributed by atoms with Gasteiger partial charge in [0.15, 0.2) is 11.5 Å². The Morgan fingerprint density at radius 1 is 1.16 bits per heavy atom. The third-order valence-corrected chi connectivity index (χ3v) is 5.26. The second-order valence-electron chi connectivity index (χ2n) is 7.28. The first-order chi connectivity index (χ1) is 15.1. The highest BCUT2D eigenvalue weighted by molar-refractivity contribution is 5.76. The first kappa shape index (κ1) is 19.3. The third kappa shape index (κ3) is 3.53. The van der Waals surface area contributed by atoms with Crippen LogP contribution in [0.4, 0.5) is 4.39 Å². The lowest BCUT2D eigenvalue weighted by Crippen LogP contribution is -2.29. The van der Waals surface area contributed by atoms with Crippen molar-refractivity contribution in [3.63, 3.8) is 0 Å². The minimum Gasteiger partial charge on any atom is -0.381 e. The minimum atomic E-state index is -0.600. The van der Waals surface area contributed by atoms with Crippen molar-refractivity contribution in [1.29, 1.82) is 0 Å². The van der Waals surface area contributed by atoms with Gasteiger partial charge in [-0.15, -0.1) is 0 Å². The predicted molar refractivity (Wildman–Crippen MR) is 114 cm³/mol. The fraction of sp³-hybridized carbons (Fsp3) is 0.227. The van der Waals surface area contributed by atoms with Crippen LogP contribution in [0.1, 0.15) is 18.9 Å². The normalized spacial score (nSPS) is 15.6. The Balaban J connectivity index is 1.74. The molecule has 0 aromatic carbocycles. The largest absolute Gasteiger partial charge is 0.381 e. The molecule has 5 rings (SSSR count). The fourth-order valence-corrected chi connectivity index (χ4v) is 3.82. The SMILES string of the molecule is C=C(F)C=c1c(=C)ncn1-c1ncc2nc(-c3ccccn3)n(C3CCOCC3)c2n1. The fourth-order valence-electron chi connectivity index (χ4n) is 3.82. The summed E-state index contributed by atoms with van der Waals surface area (Å²) in [6, 6.07) is 5.90. The van der Waals surface area contributed by atoms with Crippen molar-refractivity contribution < 1.29 is 9.13 Å². The summed E-state index contributed by atoms with van der Waals surface area (Å²) in [4.78, 5) is 22.7. The molecule has 31 heavy (non-hydrogen) atoms. The van der Waals surface area contributed by atoms with E-state index in [2.05, 4.69) is 32.7 Å². The van der Waals surface area contributed by atoms with Crippen molar-refractivity contribution in [2.75, 3.05) is 13.2 Å². The van der Waals surface area contributed by atoms with Crippen LogP contribution in [0.25, 0.3) is 41.3 Å². The number of hydrogen-bond acceptors (Lipinski definition) is 6. The molecule has 0 amide bonds. The second-order valence-corrected chi connectivity index (χ2v) is 7.28. The van der Waals surface area contributed by atoms with Crippen molar-refractivity contribution in [1.82, 2.24) is 34.1 Å². The standard InChI is InChI=1S/C22H20FN7O/c1-14(23)11-19-15(2)26-13-29(19)22-25-12-18-21(28-22)30(16-6-9-31-10-7-16)20(27-18)17-5-3-4-8-24-17/h3-5,8,11-13,16H,1-2,6-7,9-10H2. The molecule has 5 heterocycles. The van der Waals surface area contributed by atoms with E-state index in [9.17, 15) is 4.39 Å². The summed E-state index contributed by atoms with van der Waals surface area (Å²) in [5, 5.41) is 0.850. The number of rotatable bonds is 4. The summed E-state index contributed by atoms with van der Waals surface area (Å²) in [6.45, 7) is 8.50. The molecule has 1 saturated heterocycles. The van der Waals surface area contributed by atoms with E-state index >= 15 is 0 Å². The van der Waals surface area contributed by atoms with Crippen LogP contribution in [0.15, 0.2) is 49.3 Å². The summed E-state index contributed by atoms with van der Waals surface area (Å²) in [5.74, 6) is 0.488. The van der Waals surface area contributed by atoms with E-state index < -0.39 is 5.83 Å². The van der Waals surface area contributed by atoms with E-state index in [-0.39, 0.29) is 6.04 Å². The molecule has 4 aromatic heterocycles. The lowest BCUT2D eigenvalue weighted by Gasteiger charge is -2.25. The average Bonchev–Trinajstić information content (AvgIpc) is 3.35. The van der Waals surface area contributed by atoms with Crippen LogP contribution in [0.5, 0.6) is 0 Å². The lowest BCUT2D eigenvalue weighted by molar-refractivity contribution is 0.0708. The van der Waals surface area contributed by atoms with Gasteiger partial charge < -0.3 is 9.30 Å². The molecule has 0 N–H and O–H groups in total. The van der Waals surface area contributed by atoms with E-state index in [1.54, 1.807) is 17.0 Å². The monoisotopic (exact) mass is 417 g/mol. The van der Waals surface area contributed by atoms with Gasteiger partial charge in [-0.05, 0) is 31.1 Å². The molecule has 1 aliphatic heterocycles. The molecule has 0 spiro atoms. The summed E-state index contributed by atoms with van der Waals surface area (Å²) in [7, 11) is 0. The van der Waals surface area contributed by atoms with Crippen LogP contribution >= 0.6 is 0 Å². The van der Waals surface area contributed by atoms with E-state index in [1.165, 1.54) is 12.4 Å².